The highest BCUT2D eigenvalue weighted by Gasteiger charge is 2.49. The highest BCUT2D eigenvalue weighted by molar-refractivity contribution is 6.74. The molecule has 2 N–H and O–H groups in total. The van der Waals surface area contributed by atoms with Crippen molar-refractivity contribution in [2.45, 2.75) is 70.2 Å². The van der Waals surface area contributed by atoms with Crippen LogP contribution in [0, 0.1) is 5.92 Å². The molecule has 3 aromatic heterocycles. The number of aliphatic hydroxyl groups excluding tert-OH is 1. The SMILES string of the molecule is CC(C)(C)[Si](C)(C)O[C@@H]1[C@@H](CO)C[C@@H](Nc2ncncc2C(=O)c2ccn(Cc3cccc(Cl)n3)c2)[C@H]1F. The first-order valence-corrected chi connectivity index (χ1v) is 16.0. The number of ketones is 1. The summed E-state index contributed by atoms with van der Waals surface area (Å²) in [6, 6.07) is 6.43. The third-order valence-corrected chi connectivity index (χ3v) is 12.3. The fourth-order valence-corrected chi connectivity index (χ4v) is 5.95. The summed E-state index contributed by atoms with van der Waals surface area (Å²) < 4.78 is 24.0. The number of hydrogen-bond donors (Lipinski definition) is 2. The maximum Gasteiger partial charge on any atom is 0.199 e. The lowest BCUT2D eigenvalue weighted by molar-refractivity contribution is 0.0530. The van der Waals surface area contributed by atoms with Crippen LogP contribution in [-0.4, -0.2) is 63.7 Å². The van der Waals surface area contributed by atoms with E-state index in [-0.39, 0.29) is 34.7 Å². The Morgan fingerprint density at radius 1 is 1.32 bits per heavy atom. The normalized spacial score (nSPS) is 22.0. The molecule has 38 heavy (non-hydrogen) atoms. The largest absolute Gasteiger partial charge is 0.411 e. The van der Waals surface area contributed by atoms with Crippen molar-refractivity contribution < 1.29 is 18.7 Å². The van der Waals surface area contributed by atoms with E-state index in [1.807, 2.05) is 16.7 Å². The summed E-state index contributed by atoms with van der Waals surface area (Å²) in [5.41, 5.74) is 1.45. The summed E-state index contributed by atoms with van der Waals surface area (Å²) in [6.45, 7) is 10.7. The van der Waals surface area contributed by atoms with Gasteiger partial charge in [0.25, 0.3) is 0 Å². The number of hydrogen-bond acceptors (Lipinski definition) is 7. The molecular weight excluding hydrogens is 525 g/mol. The summed E-state index contributed by atoms with van der Waals surface area (Å²) in [4.78, 5) is 26.0. The number of rotatable bonds is 9. The van der Waals surface area contributed by atoms with Gasteiger partial charge in [-0.25, -0.2) is 19.3 Å². The van der Waals surface area contributed by atoms with Crippen LogP contribution in [0.2, 0.25) is 23.3 Å². The zero-order chi connectivity index (χ0) is 27.7. The molecule has 1 fully saturated rings. The van der Waals surface area contributed by atoms with Crippen LogP contribution in [0.4, 0.5) is 10.2 Å². The number of aliphatic hydroxyl groups is 1. The molecule has 0 saturated heterocycles. The second kappa shape index (κ2) is 11.2. The van der Waals surface area contributed by atoms with Crippen molar-refractivity contribution in [3.8, 4) is 0 Å². The van der Waals surface area contributed by atoms with Crippen molar-refractivity contribution in [1.29, 1.82) is 0 Å². The van der Waals surface area contributed by atoms with E-state index in [2.05, 4.69) is 54.1 Å². The van der Waals surface area contributed by atoms with Crippen molar-refractivity contribution in [3.05, 3.63) is 71.2 Å². The van der Waals surface area contributed by atoms with Crippen LogP contribution in [0.1, 0.15) is 48.8 Å². The van der Waals surface area contributed by atoms with Gasteiger partial charge in [-0.05, 0) is 42.8 Å². The van der Waals surface area contributed by atoms with Gasteiger partial charge in [0.1, 0.15) is 23.5 Å². The van der Waals surface area contributed by atoms with Crippen LogP contribution >= 0.6 is 11.6 Å². The average molecular weight is 560 g/mol. The minimum atomic E-state index is -2.27. The second-order valence-corrected chi connectivity index (χ2v) is 16.5. The highest BCUT2D eigenvalue weighted by Crippen LogP contribution is 2.42. The second-order valence-electron chi connectivity index (χ2n) is 11.4. The van der Waals surface area contributed by atoms with E-state index in [1.165, 1.54) is 12.5 Å². The minimum absolute atomic E-state index is 0.0935. The fraction of sp³-hybridized carbons (Fsp3) is 0.481. The highest BCUT2D eigenvalue weighted by atomic mass is 35.5. The van der Waals surface area contributed by atoms with E-state index >= 15 is 4.39 Å². The van der Waals surface area contributed by atoms with Gasteiger partial charge in [0.05, 0.1) is 29.9 Å². The lowest BCUT2D eigenvalue weighted by Gasteiger charge is -2.40. The Morgan fingerprint density at radius 3 is 2.76 bits per heavy atom. The molecule has 1 aliphatic rings. The molecule has 4 atom stereocenters. The van der Waals surface area contributed by atoms with Crippen LogP contribution in [-0.2, 0) is 11.0 Å². The van der Waals surface area contributed by atoms with Gasteiger partial charge in [-0.1, -0.05) is 38.4 Å². The molecule has 204 valence electrons. The molecule has 0 aromatic carbocycles. The number of carbonyl (C=O) groups is 1. The van der Waals surface area contributed by atoms with Gasteiger partial charge in [0.2, 0.25) is 0 Å². The van der Waals surface area contributed by atoms with E-state index < -0.39 is 26.6 Å². The molecule has 0 amide bonds. The first kappa shape index (κ1) is 28.3. The van der Waals surface area contributed by atoms with E-state index in [4.69, 9.17) is 16.0 Å². The zero-order valence-electron chi connectivity index (χ0n) is 22.4. The Hall–Kier alpha value is -2.66. The van der Waals surface area contributed by atoms with Crippen LogP contribution in [0.25, 0.3) is 0 Å². The summed E-state index contributed by atoms with van der Waals surface area (Å²) in [5.74, 6) is -0.384. The number of anilines is 1. The van der Waals surface area contributed by atoms with Gasteiger partial charge in [0.15, 0.2) is 14.1 Å². The summed E-state index contributed by atoms with van der Waals surface area (Å²) in [7, 11) is -2.27. The molecule has 8 nitrogen and oxygen atoms in total. The minimum Gasteiger partial charge on any atom is -0.411 e. The Kier molecular flexibility index (Phi) is 8.36. The van der Waals surface area contributed by atoms with Crippen LogP contribution < -0.4 is 5.32 Å². The molecule has 3 aromatic rings. The predicted molar refractivity (Wildman–Crippen MR) is 148 cm³/mol. The maximum atomic E-state index is 15.8. The predicted octanol–water partition coefficient (Wildman–Crippen LogP) is 5.13. The Balaban J connectivity index is 1.51. The Labute approximate surface area is 228 Å². The van der Waals surface area contributed by atoms with Crippen LogP contribution in [0.15, 0.2) is 49.2 Å². The molecule has 0 radical (unpaired) electrons. The molecule has 0 spiro atoms. The van der Waals surface area contributed by atoms with Crippen LogP contribution in [0.3, 0.4) is 0 Å². The van der Waals surface area contributed by atoms with Gasteiger partial charge in [0, 0.05) is 36.7 Å². The smallest absolute Gasteiger partial charge is 0.199 e. The van der Waals surface area contributed by atoms with Gasteiger partial charge in [-0.3, -0.25) is 4.79 Å². The van der Waals surface area contributed by atoms with Crippen molar-refractivity contribution in [2.24, 2.45) is 5.92 Å². The molecular formula is C27H35ClFN5O3Si. The molecule has 0 unspecified atom stereocenters. The quantitative estimate of drug-likeness (QED) is 0.213. The zero-order valence-corrected chi connectivity index (χ0v) is 24.1. The summed E-state index contributed by atoms with van der Waals surface area (Å²) in [6.07, 6.45) is 4.53. The van der Waals surface area contributed by atoms with Crippen molar-refractivity contribution in [1.82, 2.24) is 19.5 Å². The van der Waals surface area contributed by atoms with Gasteiger partial charge < -0.3 is 19.4 Å². The Morgan fingerprint density at radius 2 is 2.08 bits per heavy atom. The van der Waals surface area contributed by atoms with Gasteiger partial charge >= 0.3 is 0 Å². The number of alkyl halides is 1. The molecule has 11 heteroatoms. The standard InChI is InChI=1S/C27H35ClFN5O3Si/c1-27(2,3)38(4,5)37-25-18(15-35)11-21(23(25)29)33-26-20(12-30-16-31-26)24(36)17-9-10-34(13-17)14-19-7-6-8-22(28)32-19/h6-10,12-13,16,18,21,23,25,35H,11,14-15H2,1-5H3,(H,30,31,33)/t18-,21-,23-,25-/m1/s1. The molecule has 1 aliphatic carbocycles. The molecule has 0 bridgehead atoms. The number of carbonyl (C=O) groups excluding carboxylic acids is 1. The van der Waals surface area contributed by atoms with Crippen molar-refractivity contribution >= 4 is 31.5 Å². The summed E-state index contributed by atoms with van der Waals surface area (Å²) in [5, 5.41) is 13.4. The lowest BCUT2D eigenvalue weighted by Crippen LogP contribution is -2.48. The molecule has 4 rings (SSSR count). The fourth-order valence-electron chi connectivity index (χ4n) is 4.42. The number of nitrogens with one attached hydrogen (secondary N) is 1. The van der Waals surface area contributed by atoms with Crippen molar-refractivity contribution in [3.63, 3.8) is 0 Å². The van der Waals surface area contributed by atoms with Gasteiger partial charge in [-0.15, -0.1) is 0 Å². The van der Waals surface area contributed by atoms with E-state index in [0.29, 0.717) is 23.7 Å². The maximum absolute atomic E-state index is 15.8. The lowest BCUT2D eigenvalue weighted by atomic mass is 10.1. The molecule has 1 saturated carbocycles. The van der Waals surface area contributed by atoms with Gasteiger partial charge in [-0.2, -0.15) is 0 Å². The van der Waals surface area contributed by atoms with Crippen LogP contribution in [0.5, 0.6) is 0 Å². The first-order valence-electron chi connectivity index (χ1n) is 12.7. The van der Waals surface area contributed by atoms with E-state index in [0.717, 1.165) is 5.69 Å². The first-order chi connectivity index (χ1) is 17.9. The molecule has 3 heterocycles. The third-order valence-electron chi connectivity index (χ3n) is 7.60. The summed E-state index contributed by atoms with van der Waals surface area (Å²) >= 11 is 5.98. The van der Waals surface area contributed by atoms with Crippen molar-refractivity contribution in [2.75, 3.05) is 11.9 Å². The monoisotopic (exact) mass is 559 g/mol. The topological polar surface area (TPSA) is 102 Å². The molecule has 0 aliphatic heterocycles. The van der Waals surface area contributed by atoms with E-state index in [9.17, 15) is 9.90 Å². The number of aromatic nitrogens is 4. The Bertz CT molecular complexity index is 1280. The van der Waals surface area contributed by atoms with E-state index in [1.54, 1.807) is 24.5 Å². The average Bonchev–Trinajstić information content (AvgIpc) is 3.43. The number of nitrogens with zero attached hydrogens (tertiary/aromatic N) is 4. The number of pyridine rings is 1. The number of halogens is 2. The third kappa shape index (κ3) is 6.14.